The zero-order chi connectivity index (χ0) is 26.4. The summed E-state index contributed by atoms with van der Waals surface area (Å²) in [5.74, 6) is 0.549. The minimum absolute atomic E-state index is 0.0663. The molecule has 3 aromatic carbocycles. The SMILES string of the molecule is CC(C)(C)c1ccc(-c2nc3s/c(=C\c4cn(-c5ccccc5)nc4-c4ccc(Br)cc4)c(=O)n3n2)cc1. The van der Waals surface area contributed by atoms with E-state index < -0.39 is 0 Å². The molecule has 0 amide bonds. The van der Waals surface area contributed by atoms with Gasteiger partial charge in [0, 0.05) is 27.4 Å². The van der Waals surface area contributed by atoms with E-state index in [2.05, 4.69) is 58.9 Å². The van der Waals surface area contributed by atoms with Crippen molar-refractivity contribution < 1.29 is 0 Å². The topological polar surface area (TPSA) is 65.1 Å². The molecule has 0 spiro atoms. The standard InChI is InChI=1S/C30H24BrN5OS/c1-30(2,3)22-13-9-20(10-14-22)27-32-29-36(34-27)28(37)25(38-29)17-21-18-35(24-7-5-4-6-8-24)33-26(21)19-11-15-23(31)16-12-19/h4-18H,1-3H3/b25-17-. The lowest BCUT2D eigenvalue weighted by Gasteiger charge is -2.18. The van der Waals surface area contributed by atoms with Gasteiger partial charge in [0.1, 0.15) is 0 Å². The molecule has 6 rings (SSSR count). The molecule has 0 fully saturated rings. The number of nitrogens with zero attached hydrogens (tertiary/aromatic N) is 5. The highest BCUT2D eigenvalue weighted by atomic mass is 79.9. The first-order valence-electron chi connectivity index (χ1n) is 12.2. The molecule has 6 nitrogen and oxygen atoms in total. The Morgan fingerprint density at radius 3 is 2.21 bits per heavy atom. The number of hydrogen-bond donors (Lipinski definition) is 0. The molecule has 0 radical (unpaired) electrons. The van der Waals surface area contributed by atoms with E-state index in [0.29, 0.717) is 15.3 Å². The number of halogens is 1. The predicted octanol–water partition coefficient (Wildman–Crippen LogP) is 6.28. The van der Waals surface area contributed by atoms with Crippen molar-refractivity contribution in [3.8, 4) is 28.3 Å². The van der Waals surface area contributed by atoms with Crippen molar-refractivity contribution in [2.45, 2.75) is 26.2 Å². The zero-order valence-corrected chi connectivity index (χ0v) is 23.5. The van der Waals surface area contributed by atoms with Gasteiger partial charge in [-0.25, -0.2) is 4.68 Å². The van der Waals surface area contributed by atoms with Crippen molar-refractivity contribution in [1.82, 2.24) is 24.4 Å². The van der Waals surface area contributed by atoms with Crippen LogP contribution in [0.4, 0.5) is 0 Å². The lowest BCUT2D eigenvalue weighted by molar-refractivity contribution is 0.590. The average Bonchev–Trinajstić information content (AvgIpc) is 3.60. The van der Waals surface area contributed by atoms with E-state index >= 15 is 0 Å². The van der Waals surface area contributed by atoms with Gasteiger partial charge in [0.15, 0.2) is 5.82 Å². The molecule has 3 heterocycles. The number of aromatic nitrogens is 5. The minimum Gasteiger partial charge on any atom is -0.266 e. The highest BCUT2D eigenvalue weighted by molar-refractivity contribution is 9.10. The van der Waals surface area contributed by atoms with E-state index in [1.54, 1.807) is 0 Å². The van der Waals surface area contributed by atoms with Gasteiger partial charge in [0.25, 0.3) is 5.56 Å². The van der Waals surface area contributed by atoms with Crippen LogP contribution < -0.4 is 10.1 Å². The Hall–Kier alpha value is -3.88. The molecule has 0 saturated heterocycles. The van der Waals surface area contributed by atoms with Gasteiger partial charge in [0.05, 0.1) is 15.9 Å². The number of fused-ring (bicyclic) bond motifs is 1. The minimum atomic E-state index is -0.190. The molecule has 0 unspecified atom stereocenters. The van der Waals surface area contributed by atoms with Crippen molar-refractivity contribution in [3.63, 3.8) is 0 Å². The third kappa shape index (κ3) is 4.61. The predicted molar refractivity (Wildman–Crippen MR) is 157 cm³/mol. The van der Waals surface area contributed by atoms with Gasteiger partial charge in [-0.2, -0.15) is 14.6 Å². The Morgan fingerprint density at radius 1 is 0.868 bits per heavy atom. The molecule has 0 aliphatic heterocycles. The van der Waals surface area contributed by atoms with E-state index in [9.17, 15) is 4.79 Å². The van der Waals surface area contributed by atoms with Crippen LogP contribution in [0.15, 0.2) is 94.3 Å². The van der Waals surface area contributed by atoms with Crippen molar-refractivity contribution in [2.75, 3.05) is 0 Å². The Morgan fingerprint density at radius 2 is 1.55 bits per heavy atom. The summed E-state index contributed by atoms with van der Waals surface area (Å²) in [6, 6.07) is 26.1. The number of benzene rings is 3. The second-order valence-corrected chi connectivity index (χ2v) is 12.0. The first-order valence-corrected chi connectivity index (χ1v) is 13.8. The Labute approximate surface area is 232 Å². The molecule has 0 bridgehead atoms. The van der Waals surface area contributed by atoms with Crippen LogP contribution in [0.2, 0.25) is 0 Å². The van der Waals surface area contributed by atoms with Gasteiger partial charge < -0.3 is 0 Å². The van der Waals surface area contributed by atoms with Gasteiger partial charge in [-0.15, -0.1) is 5.10 Å². The molecule has 0 saturated carbocycles. The first kappa shape index (κ1) is 24.5. The summed E-state index contributed by atoms with van der Waals surface area (Å²) in [4.78, 5) is 18.6. The Bertz CT molecular complexity index is 1860. The Kier molecular flexibility index (Phi) is 6.08. The van der Waals surface area contributed by atoms with E-state index in [4.69, 9.17) is 5.10 Å². The van der Waals surface area contributed by atoms with Crippen molar-refractivity contribution in [2.24, 2.45) is 0 Å². The first-order chi connectivity index (χ1) is 18.3. The molecule has 8 heteroatoms. The third-order valence-corrected chi connectivity index (χ3v) is 7.85. The van der Waals surface area contributed by atoms with Crippen LogP contribution in [0.1, 0.15) is 31.9 Å². The average molecular weight is 583 g/mol. The maximum atomic E-state index is 13.3. The molecule has 0 N–H and O–H groups in total. The van der Waals surface area contributed by atoms with Gasteiger partial charge in [-0.3, -0.25) is 4.79 Å². The maximum Gasteiger partial charge on any atom is 0.291 e. The molecule has 6 aromatic rings. The summed E-state index contributed by atoms with van der Waals surface area (Å²) < 4.78 is 4.78. The van der Waals surface area contributed by atoms with Gasteiger partial charge >= 0.3 is 0 Å². The molecule has 3 aromatic heterocycles. The van der Waals surface area contributed by atoms with E-state index in [0.717, 1.165) is 32.5 Å². The fourth-order valence-corrected chi connectivity index (χ4v) is 5.42. The fraction of sp³-hybridized carbons (Fsp3) is 0.133. The molecular formula is C30H24BrN5OS. The molecule has 188 valence electrons. The molecular weight excluding hydrogens is 558 g/mol. The van der Waals surface area contributed by atoms with Crippen molar-refractivity contribution >= 4 is 38.3 Å². The van der Waals surface area contributed by atoms with Crippen LogP contribution in [0, 0.1) is 0 Å². The smallest absolute Gasteiger partial charge is 0.266 e. The second kappa shape index (κ2) is 9.45. The molecule has 0 aliphatic carbocycles. The lowest BCUT2D eigenvalue weighted by Crippen LogP contribution is -2.23. The quantitative estimate of drug-likeness (QED) is 0.246. The summed E-state index contributed by atoms with van der Waals surface area (Å²) in [7, 11) is 0. The molecule has 0 atom stereocenters. The monoisotopic (exact) mass is 581 g/mol. The molecule has 0 aliphatic rings. The van der Waals surface area contributed by atoms with E-state index in [1.807, 2.05) is 83.7 Å². The van der Waals surface area contributed by atoms with E-state index in [1.165, 1.54) is 21.4 Å². The van der Waals surface area contributed by atoms with Crippen LogP contribution in [-0.4, -0.2) is 24.4 Å². The Balaban J connectivity index is 1.43. The van der Waals surface area contributed by atoms with Crippen LogP contribution in [0.3, 0.4) is 0 Å². The zero-order valence-electron chi connectivity index (χ0n) is 21.1. The van der Waals surface area contributed by atoms with Crippen molar-refractivity contribution in [3.05, 3.63) is 116 Å². The third-order valence-electron chi connectivity index (χ3n) is 6.36. The van der Waals surface area contributed by atoms with Crippen LogP contribution in [-0.2, 0) is 5.41 Å². The molecule has 38 heavy (non-hydrogen) atoms. The summed E-state index contributed by atoms with van der Waals surface area (Å²) in [5, 5.41) is 9.40. The van der Waals surface area contributed by atoms with Crippen LogP contribution in [0.5, 0.6) is 0 Å². The second-order valence-electron chi connectivity index (χ2n) is 10.1. The normalized spacial score (nSPS) is 12.5. The number of rotatable bonds is 4. The fourth-order valence-electron chi connectivity index (χ4n) is 4.25. The summed E-state index contributed by atoms with van der Waals surface area (Å²) in [6.07, 6.45) is 3.83. The van der Waals surface area contributed by atoms with Gasteiger partial charge in [0.2, 0.25) is 4.96 Å². The van der Waals surface area contributed by atoms with Crippen LogP contribution >= 0.6 is 27.3 Å². The number of hydrogen-bond acceptors (Lipinski definition) is 5. The van der Waals surface area contributed by atoms with Crippen LogP contribution in [0.25, 0.3) is 39.4 Å². The van der Waals surface area contributed by atoms with Crippen molar-refractivity contribution in [1.29, 1.82) is 0 Å². The highest BCUT2D eigenvalue weighted by Gasteiger charge is 2.17. The maximum absolute atomic E-state index is 13.3. The number of thiazole rings is 1. The highest BCUT2D eigenvalue weighted by Crippen LogP contribution is 2.27. The lowest BCUT2D eigenvalue weighted by atomic mass is 9.87. The summed E-state index contributed by atoms with van der Waals surface area (Å²) >= 11 is 4.83. The largest absolute Gasteiger partial charge is 0.291 e. The van der Waals surface area contributed by atoms with E-state index in [-0.39, 0.29) is 11.0 Å². The van der Waals surface area contributed by atoms with Gasteiger partial charge in [-0.1, -0.05) is 103 Å². The summed E-state index contributed by atoms with van der Waals surface area (Å²) in [5.41, 5.74) is 5.54. The number of para-hydroxylation sites is 1. The summed E-state index contributed by atoms with van der Waals surface area (Å²) in [6.45, 7) is 6.54. The van der Waals surface area contributed by atoms with Gasteiger partial charge in [-0.05, 0) is 41.3 Å².